The van der Waals surface area contributed by atoms with Crippen molar-refractivity contribution >= 4 is 5.97 Å². The van der Waals surface area contributed by atoms with Gasteiger partial charge in [-0.2, -0.15) is 0 Å². The average molecular weight is 493 g/mol. The van der Waals surface area contributed by atoms with Gasteiger partial charge < -0.3 is 19.5 Å². The number of rotatable bonds is 9. The van der Waals surface area contributed by atoms with Crippen LogP contribution in [0.4, 0.5) is 4.39 Å². The maximum Gasteiger partial charge on any atom is 0.306 e. The number of carboxylic acids is 1. The standard InChI is InChI=1S/C29H33FN2O4/c1-5-32(3)17-22-14-21(8-10-23(22)24-15-28(35-4)31-16-25(24)30)26-11-9-20-7-6-19(13-27(20)36-26)12-18(2)29(33)34/h6-8,10,13-16,18,26H,5,9,11-12,17H2,1-4H3,(H,33,34)/t18-,26?/m0/s1. The number of halogens is 1. The lowest BCUT2D eigenvalue weighted by Crippen LogP contribution is -2.19. The number of hydrogen-bond acceptors (Lipinski definition) is 5. The second kappa shape index (κ2) is 11.1. The van der Waals surface area contributed by atoms with Crippen molar-refractivity contribution in [1.82, 2.24) is 9.88 Å². The van der Waals surface area contributed by atoms with Crippen molar-refractivity contribution in [2.45, 2.75) is 45.8 Å². The molecule has 2 heterocycles. The van der Waals surface area contributed by atoms with Crippen molar-refractivity contribution in [2.75, 3.05) is 20.7 Å². The monoisotopic (exact) mass is 492 g/mol. The van der Waals surface area contributed by atoms with Crippen LogP contribution in [0.2, 0.25) is 0 Å². The zero-order valence-corrected chi connectivity index (χ0v) is 21.3. The summed E-state index contributed by atoms with van der Waals surface area (Å²) >= 11 is 0. The van der Waals surface area contributed by atoms with E-state index < -0.39 is 17.7 Å². The van der Waals surface area contributed by atoms with Crippen molar-refractivity contribution < 1.29 is 23.8 Å². The van der Waals surface area contributed by atoms with E-state index in [4.69, 9.17) is 9.47 Å². The van der Waals surface area contributed by atoms with E-state index in [-0.39, 0.29) is 6.10 Å². The first-order valence-corrected chi connectivity index (χ1v) is 12.3. The Morgan fingerprint density at radius 2 is 2.06 bits per heavy atom. The second-order valence-corrected chi connectivity index (χ2v) is 9.48. The van der Waals surface area contributed by atoms with Gasteiger partial charge in [-0.3, -0.25) is 4.79 Å². The van der Waals surface area contributed by atoms with Crippen molar-refractivity contribution in [3.05, 3.63) is 76.7 Å². The molecule has 36 heavy (non-hydrogen) atoms. The molecule has 1 aliphatic heterocycles. The minimum Gasteiger partial charge on any atom is -0.485 e. The van der Waals surface area contributed by atoms with E-state index in [2.05, 4.69) is 22.9 Å². The molecule has 0 spiro atoms. The molecule has 1 unspecified atom stereocenters. The third-order valence-electron chi connectivity index (χ3n) is 6.85. The van der Waals surface area contributed by atoms with Crippen molar-refractivity contribution in [2.24, 2.45) is 5.92 Å². The SMILES string of the molecule is CCN(C)Cc1cc(C2CCc3ccc(C[C@H](C)C(=O)O)cc3O2)ccc1-c1cc(OC)ncc1F. The van der Waals surface area contributed by atoms with Crippen LogP contribution in [0.15, 0.2) is 48.7 Å². The molecule has 2 atom stereocenters. The fraction of sp³-hybridized carbons (Fsp3) is 0.379. The van der Waals surface area contributed by atoms with Gasteiger partial charge in [-0.15, -0.1) is 0 Å². The second-order valence-electron chi connectivity index (χ2n) is 9.48. The molecule has 0 bridgehead atoms. The van der Waals surface area contributed by atoms with Crippen LogP contribution in [-0.2, 0) is 24.2 Å². The van der Waals surface area contributed by atoms with E-state index in [0.717, 1.165) is 53.0 Å². The maximum absolute atomic E-state index is 14.8. The Kier molecular flexibility index (Phi) is 7.89. The molecule has 4 rings (SSSR count). The highest BCUT2D eigenvalue weighted by Crippen LogP contribution is 2.38. The van der Waals surface area contributed by atoms with Gasteiger partial charge in [-0.05, 0) is 66.7 Å². The molecule has 1 aliphatic rings. The highest BCUT2D eigenvalue weighted by atomic mass is 19.1. The molecule has 0 amide bonds. The molecular weight excluding hydrogens is 459 g/mol. The molecule has 1 aromatic heterocycles. The number of fused-ring (bicyclic) bond motifs is 1. The third-order valence-corrected chi connectivity index (χ3v) is 6.85. The maximum atomic E-state index is 14.8. The largest absolute Gasteiger partial charge is 0.485 e. The van der Waals surface area contributed by atoms with Crippen LogP contribution in [0.3, 0.4) is 0 Å². The number of methoxy groups -OCH3 is 1. The minimum atomic E-state index is -0.806. The Morgan fingerprint density at radius 3 is 2.78 bits per heavy atom. The van der Waals surface area contributed by atoms with E-state index in [1.807, 2.05) is 37.4 Å². The molecule has 3 aromatic rings. The van der Waals surface area contributed by atoms with E-state index in [1.165, 1.54) is 13.3 Å². The number of aliphatic carboxylic acids is 1. The van der Waals surface area contributed by atoms with Crippen LogP contribution in [0.25, 0.3) is 11.1 Å². The fourth-order valence-corrected chi connectivity index (χ4v) is 4.56. The molecule has 2 aromatic carbocycles. The number of carboxylic acid groups (broad SMARTS) is 1. The van der Waals surface area contributed by atoms with Crippen molar-refractivity contribution in [1.29, 1.82) is 0 Å². The molecule has 1 N–H and O–H groups in total. The van der Waals surface area contributed by atoms with Crippen LogP contribution in [0.5, 0.6) is 11.6 Å². The molecular formula is C29H33FN2O4. The predicted molar refractivity (Wildman–Crippen MR) is 137 cm³/mol. The molecule has 0 fully saturated rings. The summed E-state index contributed by atoms with van der Waals surface area (Å²) in [6.07, 6.45) is 3.22. The smallest absolute Gasteiger partial charge is 0.306 e. The summed E-state index contributed by atoms with van der Waals surface area (Å²) in [5, 5.41) is 9.26. The molecule has 0 radical (unpaired) electrons. The number of aromatic nitrogens is 1. The number of carbonyl (C=O) groups is 1. The topological polar surface area (TPSA) is 71.9 Å². The molecule has 0 saturated carbocycles. The van der Waals surface area contributed by atoms with E-state index >= 15 is 0 Å². The first-order valence-electron chi connectivity index (χ1n) is 12.3. The van der Waals surface area contributed by atoms with Gasteiger partial charge in [0.2, 0.25) is 5.88 Å². The number of aryl methyl sites for hydroxylation is 1. The van der Waals surface area contributed by atoms with Crippen LogP contribution in [0, 0.1) is 11.7 Å². The number of ether oxygens (including phenoxy) is 2. The van der Waals surface area contributed by atoms with Gasteiger partial charge in [0, 0.05) is 18.2 Å². The summed E-state index contributed by atoms with van der Waals surface area (Å²) in [7, 11) is 3.55. The van der Waals surface area contributed by atoms with Crippen LogP contribution in [0.1, 0.15) is 48.6 Å². The van der Waals surface area contributed by atoms with Crippen LogP contribution < -0.4 is 9.47 Å². The summed E-state index contributed by atoms with van der Waals surface area (Å²) in [5.74, 6) is -0.484. The molecule has 6 nitrogen and oxygen atoms in total. The lowest BCUT2D eigenvalue weighted by molar-refractivity contribution is -0.141. The first kappa shape index (κ1) is 25.6. The zero-order valence-electron chi connectivity index (χ0n) is 21.3. The Balaban J connectivity index is 1.65. The average Bonchev–Trinajstić information content (AvgIpc) is 2.88. The lowest BCUT2D eigenvalue weighted by atomic mass is 9.91. The molecule has 0 saturated heterocycles. The Morgan fingerprint density at radius 1 is 1.25 bits per heavy atom. The van der Waals surface area contributed by atoms with Gasteiger partial charge in [0.25, 0.3) is 0 Å². The normalized spacial score (nSPS) is 15.8. The van der Waals surface area contributed by atoms with Gasteiger partial charge in [-0.1, -0.05) is 44.2 Å². The van der Waals surface area contributed by atoms with Gasteiger partial charge in [0.1, 0.15) is 17.7 Å². The highest BCUT2D eigenvalue weighted by molar-refractivity contribution is 5.70. The number of hydrogen-bond donors (Lipinski definition) is 1. The van der Waals surface area contributed by atoms with Crippen LogP contribution in [-0.4, -0.2) is 41.7 Å². The molecule has 7 heteroatoms. The fourth-order valence-electron chi connectivity index (χ4n) is 4.56. The highest BCUT2D eigenvalue weighted by Gasteiger charge is 2.24. The summed E-state index contributed by atoms with van der Waals surface area (Å²) < 4.78 is 26.5. The van der Waals surface area contributed by atoms with Crippen LogP contribution >= 0.6 is 0 Å². The predicted octanol–water partition coefficient (Wildman–Crippen LogP) is 5.68. The van der Waals surface area contributed by atoms with Crippen molar-refractivity contribution in [3.8, 4) is 22.8 Å². The van der Waals surface area contributed by atoms with Crippen molar-refractivity contribution in [3.63, 3.8) is 0 Å². The third kappa shape index (κ3) is 5.68. The number of nitrogens with zero attached hydrogens (tertiary/aromatic N) is 2. The first-order chi connectivity index (χ1) is 17.3. The van der Waals surface area contributed by atoms with Gasteiger partial charge >= 0.3 is 5.97 Å². The van der Waals surface area contributed by atoms with E-state index in [9.17, 15) is 14.3 Å². The Hall–Kier alpha value is -3.45. The van der Waals surface area contributed by atoms with Gasteiger partial charge in [0.05, 0.1) is 19.2 Å². The number of benzene rings is 2. The Labute approximate surface area is 211 Å². The van der Waals surface area contributed by atoms with E-state index in [0.29, 0.717) is 24.4 Å². The molecule has 190 valence electrons. The van der Waals surface area contributed by atoms with Gasteiger partial charge in [-0.25, -0.2) is 9.37 Å². The Bertz CT molecular complexity index is 1250. The minimum absolute atomic E-state index is 0.138. The van der Waals surface area contributed by atoms with E-state index in [1.54, 1.807) is 13.0 Å². The summed E-state index contributed by atoms with van der Waals surface area (Å²) in [6.45, 7) is 5.31. The zero-order chi connectivity index (χ0) is 25.8. The quantitative estimate of drug-likeness (QED) is 0.415. The summed E-state index contributed by atoms with van der Waals surface area (Å²) in [4.78, 5) is 17.4. The number of pyridine rings is 1. The lowest BCUT2D eigenvalue weighted by Gasteiger charge is -2.28. The summed E-state index contributed by atoms with van der Waals surface area (Å²) in [6, 6.07) is 13.7. The summed E-state index contributed by atoms with van der Waals surface area (Å²) in [5.41, 5.74) is 5.38. The van der Waals surface area contributed by atoms with Gasteiger partial charge in [0.15, 0.2) is 0 Å². The molecule has 0 aliphatic carbocycles.